The van der Waals surface area contributed by atoms with Gasteiger partial charge < -0.3 is 14.4 Å². The fourth-order valence-corrected chi connectivity index (χ4v) is 4.91. The number of methoxy groups -OCH3 is 1. The Labute approximate surface area is 221 Å². The monoisotopic (exact) mass is 512 g/mol. The fourth-order valence-electron chi connectivity index (χ4n) is 4.91. The van der Waals surface area contributed by atoms with Gasteiger partial charge in [-0.1, -0.05) is 25.3 Å². The van der Waals surface area contributed by atoms with E-state index in [2.05, 4.69) is 28.1 Å². The van der Waals surface area contributed by atoms with Gasteiger partial charge in [0.2, 0.25) is 5.82 Å². The van der Waals surface area contributed by atoms with Crippen molar-refractivity contribution in [1.82, 2.24) is 19.3 Å². The van der Waals surface area contributed by atoms with Crippen molar-refractivity contribution in [2.75, 3.05) is 20.2 Å². The van der Waals surface area contributed by atoms with E-state index in [1.54, 1.807) is 42.2 Å². The van der Waals surface area contributed by atoms with E-state index >= 15 is 0 Å². The average Bonchev–Trinajstić information content (AvgIpc) is 3.57. The molecule has 1 amide bonds. The number of carbonyl (C=O) groups excluding carboxylic acids is 1. The third-order valence-electron chi connectivity index (χ3n) is 6.72. The molecule has 1 saturated heterocycles. The molecule has 2 aromatic carbocycles. The molecule has 2 aromatic heterocycles. The normalized spacial score (nSPS) is 14.8. The number of carbonyl (C=O) groups is 1. The Balaban J connectivity index is 1.50. The van der Waals surface area contributed by atoms with Crippen LogP contribution in [0.3, 0.4) is 0 Å². The summed E-state index contributed by atoms with van der Waals surface area (Å²) in [6, 6.07) is 12.2. The van der Waals surface area contributed by atoms with Gasteiger partial charge in [-0.2, -0.15) is 4.39 Å². The van der Waals surface area contributed by atoms with Crippen LogP contribution in [0.15, 0.2) is 54.9 Å². The molecule has 5 rings (SSSR count). The number of hydrogen-bond acceptors (Lipinski definition) is 5. The number of ether oxygens (including phenoxy) is 2. The molecule has 0 aliphatic carbocycles. The molecule has 1 aliphatic heterocycles. The molecule has 8 heteroatoms. The summed E-state index contributed by atoms with van der Waals surface area (Å²) in [7, 11) is 1.42. The van der Waals surface area contributed by atoms with Crippen LogP contribution in [0, 0.1) is 17.7 Å². The van der Waals surface area contributed by atoms with Gasteiger partial charge in [-0.15, -0.1) is 0 Å². The van der Waals surface area contributed by atoms with Gasteiger partial charge in [-0.25, -0.2) is 4.98 Å². The molecule has 0 radical (unpaired) electrons. The second kappa shape index (κ2) is 10.9. The van der Waals surface area contributed by atoms with Gasteiger partial charge in [0.1, 0.15) is 11.6 Å². The first kappa shape index (κ1) is 25.3. The van der Waals surface area contributed by atoms with Crippen LogP contribution in [-0.2, 0) is 11.2 Å². The highest BCUT2D eigenvalue weighted by Crippen LogP contribution is 2.35. The number of nitrogens with zero attached hydrogens (tertiary/aromatic N) is 4. The molecule has 1 fully saturated rings. The molecule has 0 saturated carbocycles. The van der Waals surface area contributed by atoms with Crippen molar-refractivity contribution in [2.45, 2.75) is 39.0 Å². The summed E-state index contributed by atoms with van der Waals surface area (Å²) in [5.74, 6) is 6.37. The predicted octanol–water partition coefficient (Wildman–Crippen LogP) is 5.63. The number of fused-ring (bicyclic) bond motifs is 1. The lowest BCUT2D eigenvalue weighted by atomic mass is 10.1. The van der Waals surface area contributed by atoms with E-state index in [4.69, 9.17) is 14.5 Å². The third kappa shape index (κ3) is 4.80. The van der Waals surface area contributed by atoms with Crippen molar-refractivity contribution in [1.29, 1.82) is 0 Å². The Morgan fingerprint density at radius 1 is 1.18 bits per heavy atom. The molecule has 1 unspecified atom stereocenters. The fraction of sp³-hybridized carbons (Fsp3) is 0.300. The average molecular weight is 513 g/mol. The summed E-state index contributed by atoms with van der Waals surface area (Å²) >= 11 is 0. The van der Waals surface area contributed by atoms with Gasteiger partial charge in [0.15, 0.2) is 11.5 Å². The lowest BCUT2D eigenvalue weighted by molar-refractivity contribution is -0.124. The largest absolute Gasteiger partial charge is 0.494 e. The molecule has 0 bridgehead atoms. The summed E-state index contributed by atoms with van der Waals surface area (Å²) in [5, 5.41) is 0. The van der Waals surface area contributed by atoms with Gasteiger partial charge in [0.25, 0.3) is 5.91 Å². The number of likely N-dealkylation sites (tertiary alicyclic amines) is 1. The lowest BCUT2D eigenvalue weighted by Crippen LogP contribution is -2.27. The van der Waals surface area contributed by atoms with E-state index in [1.165, 1.54) is 7.11 Å². The molecule has 0 N–H and O–H groups in total. The van der Waals surface area contributed by atoms with Crippen LogP contribution in [0.5, 0.6) is 17.2 Å². The molecule has 7 nitrogen and oxygen atoms in total. The van der Waals surface area contributed by atoms with Gasteiger partial charge in [-0.3, -0.25) is 14.2 Å². The number of aromatic nitrogens is 3. The number of benzene rings is 2. The maximum Gasteiger partial charge on any atom is 0.298 e. The second-order valence-corrected chi connectivity index (χ2v) is 9.17. The Kier molecular flexibility index (Phi) is 7.27. The SMILES string of the molecule is CC#CC(=O)N1CCC(c2nc(-c3ccc(Oc4cccc(OC)c4F)cc3)c3c(CCC)nccn23)C1. The second-order valence-electron chi connectivity index (χ2n) is 9.17. The first-order valence-electron chi connectivity index (χ1n) is 12.7. The number of aryl methyl sites for hydroxylation is 1. The Hall–Kier alpha value is -4.38. The molecule has 38 heavy (non-hydrogen) atoms. The van der Waals surface area contributed by atoms with Crippen molar-refractivity contribution < 1.29 is 18.7 Å². The Bertz CT molecular complexity index is 1540. The number of hydrogen-bond donors (Lipinski definition) is 0. The van der Waals surface area contributed by atoms with Crippen LogP contribution in [0.25, 0.3) is 16.8 Å². The van der Waals surface area contributed by atoms with Crippen molar-refractivity contribution in [3.63, 3.8) is 0 Å². The predicted molar refractivity (Wildman–Crippen MR) is 143 cm³/mol. The van der Waals surface area contributed by atoms with E-state index in [0.29, 0.717) is 18.8 Å². The topological polar surface area (TPSA) is 69.0 Å². The van der Waals surface area contributed by atoms with Gasteiger partial charge in [-0.05, 0) is 62.1 Å². The lowest BCUT2D eigenvalue weighted by Gasteiger charge is -2.13. The molecule has 1 atom stereocenters. The van der Waals surface area contributed by atoms with E-state index in [9.17, 15) is 9.18 Å². The molecule has 194 valence electrons. The summed E-state index contributed by atoms with van der Waals surface area (Å²) in [5.41, 5.74) is 3.68. The third-order valence-corrected chi connectivity index (χ3v) is 6.72. The first-order chi connectivity index (χ1) is 18.5. The highest BCUT2D eigenvalue weighted by Gasteiger charge is 2.31. The highest BCUT2D eigenvalue weighted by molar-refractivity contribution is 5.93. The van der Waals surface area contributed by atoms with E-state index < -0.39 is 5.82 Å². The van der Waals surface area contributed by atoms with E-state index in [1.807, 2.05) is 24.5 Å². The smallest absolute Gasteiger partial charge is 0.298 e. The highest BCUT2D eigenvalue weighted by atomic mass is 19.1. The van der Waals surface area contributed by atoms with Gasteiger partial charge in [0.05, 0.1) is 24.0 Å². The summed E-state index contributed by atoms with van der Waals surface area (Å²) in [6.45, 7) is 5.03. The minimum Gasteiger partial charge on any atom is -0.494 e. The number of imidazole rings is 1. The minimum absolute atomic E-state index is 0.0920. The van der Waals surface area contributed by atoms with Crippen LogP contribution >= 0.6 is 0 Å². The summed E-state index contributed by atoms with van der Waals surface area (Å²) in [4.78, 5) is 23.9. The number of halogens is 1. The zero-order valence-corrected chi connectivity index (χ0v) is 21.7. The van der Waals surface area contributed by atoms with Gasteiger partial charge >= 0.3 is 0 Å². The number of rotatable bonds is 7. The first-order valence-corrected chi connectivity index (χ1v) is 12.7. The van der Waals surface area contributed by atoms with Crippen molar-refractivity contribution >= 4 is 11.4 Å². The maximum atomic E-state index is 14.6. The molecule has 0 spiro atoms. The molecule has 1 aliphatic rings. The zero-order chi connectivity index (χ0) is 26.6. The minimum atomic E-state index is -0.548. The van der Waals surface area contributed by atoms with Crippen LogP contribution < -0.4 is 9.47 Å². The molecule has 3 heterocycles. The Morgan fingerprint density at radius 2 is 1.97 bits per heavy atom. The van der Waals surface area contributed by atoms with Crippen LogP contribution in [0.1, 0.15) is 44.1 Å². The van der Waals surface area contributed by atoms with Gasteiger partial charge in [0, 0.05) is 37.0 Å². The van der Waals surface area contributed by atoms with Crippen molar-refractivity contribution in [3.8, 4) is 40.3 Å². The van der Waals surface area contributed by atoms with E-state index in [0.717, 1.165) is 47.6 Å². The van der Waals surface area contributed by atoms with Crippen LogP contribution in [0.2, 0.25) is 0 Å². The van der Waals surface area contributed by atoms with Crippen LogP contribution in [0.4, 0.5) is 4.39 Å². The Morgan fingerprint density at radius 3 is 2.71 bits per heavy atom. The zero-order valence-electron chi connectivity index (χ0n) is 21.7. The maximum absolute atomic E-state index is 14.6. The quantitative estimate of drug-likeness (QED) is 0.300. The summed E-state index contributed by atoms with van der Waals surface area (Å²) < 4.78 is 27.5. The molecule has 4 aromatic rings. The van der Waals surface area contributed by atoms with Crippen molar-refractivity contribution in [3.05, 3.63) is 72.2 Å². The number of amides is 1. The summed E-state index contributed by atoms with van der Waals surface area (Å²) in [6.07, 6.45) is 6.35. The van der Waals surface area contributed by atoms with Crippen LogP contribution in [-0.4, -0.2) is 45.4 Å². The van der Waals surface area contributed by atoms with Crippen molar-refractivity contribution in [2.24, 2.45) is 0 Å². The van der Waals surface area contributed by atoms with E-state index in [-0.39, 0.29) is 23.3 Å². The standard InChI is InChI=1S/C30H29FN4O3/c1-4-7-23-29-28(20-11-13-22(14-12-20)38-25-10-6-9-24(37-3)27(25)31)33-30(35(29)18-16-32-23)21-15-17-34(19-21)26(36)8-5-2/h6,9-14,16,18,21H,4,7,15,17,19H2,1-3H3. The molecular weight excluding hydrogens is 483 g/mol. The molecular formula is C30H29FN4O3.